The summed E-state index contributed by atoms with van der Waals surface area (Å²) in [5.41, 5.74) is 5.07. The van der Waals surface area contributed by atoms with Gasteiger partial charge in [0.05, 0.1) is 30.4 Å². The van der Waals surface area contributed by atoms with E-state index in [1.807, 2.05) is 25.1 Å². The molecule has 6 rings (SSSR count). The lowest BCUT2D eigenvalue weighted by Crippen LogP contribution is -2.17. The lowest BCUT2D eigenvalue weighted by molar-refractivity contribution is -0.145. The summed E-state index contributed by atoms with van der Waals surface area (Å²) in [6.07, 6.45) is 4.90. The van der Waals surface area contributed by atoms with E-state index in [4.69, 9.17) is 30.8 Å². The van der Waals surface area contributed by atoms with Gasteiger partial charge in [-0.15, -0.1) is 0 Å². The van der Waals surface area contributed by atoms with Crippen molar-refractivity contribution in [2.75, 3.05) is 13.7 Å². The van der Waals surface area contributed by atoms with Crippen molar-refractivity contribution in [2.24, 2.45) is 17.3 Å². The van der Waals surface area contributed by atoms with Crippen molar-refractivity contribution < 1.29 is 23.4 Å². The number of esters is 1. The molecule has 3 aliphatic rings. The highest BCUT2D eigenvalue weighted by Crippen LogP contribution is 2.67. The first-order valence-corrected chi connectivity index (χ1v) is 15.4. The molecular weight excluding hydrogens is 553 g/mol. The van der Waals surface area contributed by atoms with Crippen LogP contribution in [-0.2, 0) is 28.0 Å². The monoisotopic (exact) mass is 591 g/mol. The number of carbonyl (C=O) groups excluding carboxylic acids is 1. The fourth-order valence-electron chi connectivity index (χ4n) is 7.93. The highest BCUT2D eigenvalue weighted by molar-refractivity contribution is 6.33. The summed E-state index contributed by atoms with van der Waals surface area (Å²) in [7, 11) is 1.60. The van der Waals surface area contributed by atoms with Gasteiger partial charge in [0, 0.05) is 22.6 Å². The molecule has 4 unspecified atom stereocenters. The average Bonchev–Trinajstić information content (AvgIpc) is 3.20. The molecule has 1 spiro atoms. The van der Waals surface area contributed by atoms with Crippen molar-refractivity contribution in [1.29, 1.82) is 0 Å². The molecule has 3 aliphatic carbocycles. The normalized spacial score (nSPS) is 25.4. The van der Waals surface area contributed by atoms with E-state index in [-0.39, 0.29) is 41.4 Å². The molecule has 0 N–H and O–H groups in total. The Morgan fingerprint density at radius 1 is 1.14 bits per heavy atom. The van der Waals surface area contributed by atoms with Gasteiger partial charge in [-0.25, -0.2) is 9.37 Å². The third-order valence-electron chi connectivity index (χ3n) is 10.2. The van der Waals surface area contributed by atoms with Gasteiger partial charge in [0.15, 0.2) is 11.6 Å². The molecule has 0 radical (unpaired) electrons. The predicted octanol–water partition coefficient (Wildman–Crippen LogP) is 8.44. The van der Waals surface area contributed by atoms with Gasteiger partial charge in [-0.2, -0.15) is 0 Å². The molecule has 2 fully saturated rings. The van der Waals surface area contributed by atoms with Crippen molar-refractivity contribution in [2.45, 2.75) is 77.7 Å². The minimum Gasteiger partial charge on any atom is -0.486 e. The first-order chi connectivity index (χ1) is 20.1. The number of hydrogen-bond acceptors (Lipinski definition) is 5. The molecule has 7 heteroatoms. The van der Waals surface area contributed by atoms with Crippen LogP contribution in [0, 0.1) is 23.1 Å². The van der Waals surface area contributed by atoms with Crippen LogP contribution in [0.25, 0.3) is 11.3 Å². The Balaban J connectivity index is 1.31. The van der Waals surface area contributed by atoms with Gasteiger partial charge in [-0.1, -0.05) is 63.1 Å². The number of benzene rings is 2. The summed E-state index contributed by atoms with van der Waals surface area (Å²) in [4.78, 5) is 17.4. The van der Waals surface area contributed by atoms with Gasteiger partial charge >= 0.3 is 5.97 Å². The highest BCUT2D eigenvalue weighted by atomic mass is 35.5. The smallest absolute Gasteiger partial charge is 0.310 e. The summed E-state index contributed by atoms with van der Waals surface area (Å²) >= 11 is 6.65. The molecule has 1 heterocycles. The maximum absolute atomic E-state index is 16.1. The maximum atomic E-state index is 16.1. The lowest BCUT2D eigenvalue weighted by atomic mass is 9.75. The van der Waals surface area contributed by atoms with Gasteiger partial charge < -0.3 is 14.2 Å². The van der Waals surface area contributed by atoms with Crippen LogP contribution in [0.2, 0.25) is 5.02 Å². The molecule has 3 aromatic rings. The number of rotatable bonds is 8. The molecule has 2 saturated carbocycles. The van der Waals surface area contributed by atoms with E-state index in [0.29, 0.717) is 34.7 Å². The van der Waals surface area contributed by atoms with Gasteiger partial charge in [-0.05, 0) is 78.7 Å². The van der Waals surface area contributed by atoms with Crippen LogP contribution < -0.4 is 9.47 Å². The number of ether oxygens (including phenoxy) is 3. The van der Waals surface area contributed by atoms with Crippen molar-refractivity contribution >= 4 is 17.6 Å². The Morgan fingerprint density at radius 2 is 1.95 bits per heavy atom. The van der Waals surface area contributed by atoms with E-state index in [1.54, 1.807) is 26.2 Å². The number of pyridine rings is 1. The first-order valence-electron chi connectivity index (χ1n) is 15.1. The second-order valence-corrected chi connectivity index (χ2v) is 13.2. The number of fused-ring (bicyclic) bond motifs is 2. The van der Waals surface area contributed by atoms with Gasteiger partial charge in [0.2, 0.25) is 5.88 Å². The molecule has 0 saturated heterocycles. The maximum Gasteiger partial charge on any atom is 0.310 e. The quantitative estimate of drug-likeness (QED) is 0.246. The Bertz CT molecular complexity index is 1540. The Hall–Kier alpha value is -3.12. The number of carbonyl (C=O) groups is 1. The van der Waals surface area contributed by atoms with E-state index in [0.717, 1.165) is 48.8 Å². The lowest BCUT2D eigenvalue weighted by Gasteiger charge is -2.29. The van der Waals surface area contributed by atoms with E-state index in [9.17, 15) is 4.79 Å². The standard InChI is InChI=1S/C35H39ClFNO4/c1-6-41-33(39)29-20(2)35(29)17-15-22-10-13-27(31(37)30(22)35)42-19-21-9-11-23(32-26(36)12-14-28(38-32)40-5)24(18-21)25-8-7-16-34(25,3)4/h9-14,18,20,25,29H,6-8,15-17,19H2,1-5H3. The van der Waals surface area contributed by atoms with Crippen molar-refractivity contribution in [3.05, 3.63) is 75.6 Å². The number of aromatic nitrogens is 1. The van der Waals surface area contributed by atoms with Crippen molar-refractivity contribution in [3.63, 3.8) is 0 Å². The minimum absolute atomic E-state index is 0.0458. The van der Waals surface area contributed by atoms with Gasteiger partial charge in [-0.3, -0.25) is 4.79 Å². The van der Waals surface area contributed by atoms with Crippen molar-refractivity contribution in [3.8, 4) is 22.9 Å². The van der Waals surface area contributed by atoms with Crippen LogP contribution in [0.4, 0.5) is 4.39 Å². The third-order valence-corrected chi connectivity index (χ3v) is 10.5. The topological polar surface area (TPSA) is 57.7 Å². The van der Waals surface area contributed by atoms with Crippen LogP contribution in [-0.4, -0.2) is 24.7 Å². The average molecular weight is 592 g/mol. The number of nitrogens with zero attached hydrogens (tertiary/aromatic N) is 1. The third kappa shape index (κ3) is 4.67. The Morgan fingerprint density at radius 3 is 2.67 bits per heavy atom. The van der Waals surface area contributed by atoms with Gasteiger partial charge in [0.25, 0.3) is 0 Å². The second kappa shape index (κ2) is 10.9. The van der Waals surface area contributed by atoms with Crippen LogP contribution in [0.1, 0.15) is 81.5 Å². The fraction of sp³-hybridized carbons (Fsp3) is 0.486. The number of methoxy groups -OCH3 is 1. The fourth-order valence-corrected chi connectivity index (χ4v) is 8.13. The number of aryl methyl sites for hydroxylation is 1. The predicted molar refractivity (Wildman–Crippen MR) is 162 cm³/mol. The van der Waals surface area contributed by atoms with Crippen molar-refractivity contribution in [1.82, 2.24) is 4.98 Å². The highest BCUT2D eigenvalue weighted by Gasteiger charge is 2.70. The zero-order valence-electron chi connectivity index (χ0n) is 25.1. The molecule has 4 atom stereocenters. The molecule has 5 nitrogen and oxygen atoms in total. The second-order valence-electron chi connectivity index (χ2n) is 12.8. The van der Waals surface area contributed by atoms with E-state index < -0.39 is 5.41 Å². The largest absolute Gasteiger partial charge is 0.486 e. The molecule has 0 bridgehead atoms. The summed E-state index contributed by atoms with van der Waals surface area (Å²) in [5, 5.41) is 0.571. The Labute approximate surface area is 252 Å². The van der Waals surface area contributed by atoms with Crippen LogP contribution in [0.15, 0.2) is 42.5 Å². The summed E-state index contributed by atoms with van der Waals surface area (Å²) < 4.78 is 33.0. The molecule has 2 aromatic carbocycles. The zero-order chi connectivity index (χ0) is 29.8. The molecule has 1 aromatic heterocycles. The van der Waals surface area contributed by atoms with Crippen LogP contribution in [0.3, 0.4) is 0 Å². The van der Waals surface area contributed by atoms with E-state index in [1.165, 1.54) is 5.56 Å². The molecule has 222 valence electrons. The van der Waals surface area contributed by atoms with Crippen LogP contribution in [0.5, 0.6) is 11.6 Å². The molecular formula is C35H39ClFNO4. The van der Waals surface area contributed by atoms with Gasteiger partial charge in [0.1, 0.15) is 6.61 Å². The zero-order valence-corrected chi connectivity index (χ0v) is 25.8. The van der Waals surface area contributed by atoms with E-state index >= 15 is 4.39 Å². The van der Waals surface area contributed by atoms with E-state index in [2.05, 4.69) is 26.0 Å². The Kier molecular flexibility index (Phi) is 7.49. The minimum atomic E-state index is -0.489. The van der Waals surface area contributed by atoms with Crippen LogP contribution >= 0.6 is 11.6 Å². The summed E-state index contributed by atoms with van der Waals surface area (Å²) in [6, 6.07) is 13.5. The number of halogens is 2. The summed E-state index contributed by atoms with van der Waals surface area (Å²) in [5.74, 6) is 0.236. The molecule has 0 aliphatic heterocycles. The first kappa shape index (κ1) is 29.0. The summed E-state index contributed by atoms with van der Waals surface area (Å²) in [6.45, 7) is 9.02. The molecule has 42 heavy (non-hydrogen) atoms. The SMILES string of the molecule is CCOC(=O)C1C(C)C12CCc1ccc(OCc3ccc(-c4nc(OC)ccc4Cl)c(C4CCCC4(C)C)c3)c(F)c12. The molecule has 0 amide bonds. The number of hydrogen-bond donors (Lipinski definition) is 0.